The highest BCUT2D eigenvalue weighted by molar-refractivity contribution is 6.28. The molecule has 0 aromatic carbocycles. The fraction of sp³-hybridized carbons (Fsp3) is 0.700. The second-order valence-electron chi connectivity index (χ2n) is 8.87. The van der Waals surface area contributed by atoms with Gasteiger partial charge in [0.25, 0.3) is 0 Å². The predicted molar refractivity (Wildman–Crippen MR) is 114 cm³/mol. The largest absolute Gasteiger partial charge is 0.444 e. The number of halogens is 1. The molecule has 164 valence electrons. The Balaban J connectivity index is 1.44. The van der Waals surface area contributed by atoms with Gasteiger partial charge in [0.05, 0.1) is 11.6 Å². The molecule has 4 heterocycles. The number of carbonyl (C=O) groups excluding carboxylic acids is 1. The summed E-state index contributed by atoms with van der Waals surface area (Å²) >= 11 is 6.22. The van der Waals surface area contributed by atoms with Crippen LogP contribution in [0.2, 0.25) is 5.28 Å². The standard InChI is InChI=1S/C20H29ClN6O3/c1-20(2,3)30-19(28)26-9-7-13(8-10-26)23-16-14-12-22-27(15-6-4-5-11-29-15)17(14)25-18(21)24-16/h12-13,15H,4-11H2,1-3H3,(H,23,24,25). The highest BCUT2D eigenvalue weighted by Gasteiger charge is 2.28. The summed E-state index contributed by atoms with van der Waals surface area (Å²) in [4.78, 5) is 22.8. The van der Waals surface area contributed by atoms with E-state index in [1.165, 1.54) is 0 Å². The van der Waals surface area contributed by atoms with Crippen LogP contribution in [0.4, 0.5) is 10.6 Å². The van der Waals surface area contributed by atoms with Gasteiger partial charge >= 0.3 is 6.09 Å². The summed E-state index contributed by atoms with van der Waals surface area (Å²) in [5.41, 5.74) is 0.188. The van der Waals surface area contributed by atoms with E-state index in [1.54, 1.807) is 15.8 Å². The van der Waals surface area contributed by atoms with Gasteiger partial charge in [-0.1, -0.05) is 0 Å². The van der Waals surface area contributed by atoms with E-state index in [4.69, 9.17) is 21.1 Å². The van der Waals surface area contributed by atoms with Gasteiger partial charge in [-0.3, -0.25) is 0 Å². The van der Waals surface area contributed by atoms with E-state index >= 15 is 0 Å². The van der Waals surface area contributed by atoms with Crippen LogP contribution in [0.25, 0.3) is 11.0 Å². The highest BCUT2D eigenvalue weighted by Crippen LogP contribution is 2.29. The second-order valence-corrected chi connectivity index (χ2v) is 9.21. The summed E-state index contributed by atoms with van der Waals surface area (Å²) in [7, 11) is 0. The Morgan fingerprint density at radius 3 is 2.67 bits per heavy atom. The Morgan fingerprint density at radius 2 is 2.00 bits per heavy atom. The van der Waals surface area contributed by atoms with Gasteiger partial charge in [-0.05, 0) is 64.5 Å². The van der Waals surface area contributed by atoms with Gasteiger partial charge in [0, 0.05) is 25.7 Å². The molecule has 0 bridgehead atoms. The van der Waals surface area contributed by atoms with Crippen LogP contribution in [0.15, 0.2) is 6.20 Å². The average Bonchev–Trinajstić information content (AvgIpc) is 3.12. The van der Waals surface area contributed by atoms with Gasteiger partial charge in [-0.25, -0.2) is 9.48 Å². The number of aromatic nitrogens is 4. The maximum absolute atomic E-state index is 12.3. The number of nitrogens with one attached hydrogen (secondary N) is 1. The van der Waals surface area contributed by atoms with E-state index in [2.05, 4.69) is 20.4 Å². The molecule has 1 unspecified atom stereocenters. The fourth-order valence-electron chi connectivity index (χ4n) is 3.86. The summed E-state index contributed by atoms with van der Waals surface area (Å²) < 4.78 is 13.1. The summed E-state index contributed by atoms with van der Waals surface area (Å²) in [6, 6.07) is 0.173. The lowest BCUT2D eigenvalue weighted by Gasteiger charge is -2.34. The van der Waals surface area contributed by atoms with Crippen molar-refractivity contribution in [2.75, 3.05) is 25.0 Å². The van der Waals surface area contributed by atoms with Crippen LogP contribution >= 0.6 is 11.6 Å². The van der Waals surface area contributed by atoms with E-state index in [0.29, 0.717) is 24.6 Å². The van der Waals surface area contributed by atoms with Crippen molar-refractivity contribution in [3.63, 3.8) is 0 Å². The average molecular weight is 437 g/mol. The Labute approximate surface area is 181 Å². The number of carbonyl (C=O) groups is 1. The first-order chi connectivity index (χ1) is 14.3. The van der Waals surface area contributed by atoms with E-state index in [-0.39, 0.29) is 23.6 Å². The zero-order valence-electron chi connectivity index (χ0n) is 17.7. The third kappa shape index (κ3) is 4.78. The van der Waals surface area contributed by atoms with Crippen molar-refractivity contribution in [2.24, 2.45) is 0 Å². The number of rotatable bonds is 3. The third-order valence-electron chi connectivity index (χ3n) is 5.34. The van der Waals surface area contributed by atoms with Gasteiger partial charge in [0.2, 0.25) is 5.28 Å². The van der Waals surface area contributed by atoms with Crippen molar-refractivity contribution >= 4 is 34.5 Å². The lowest BCUT2D eigenvalue weighted by Crippen LogP contribution is -2.44. The number of ether oxygens (including phenoxy) is 2. The lowest BCUT2D eigenvalue weighted by molar-refractivity contribution is -0.0370. The number of amides is 1. The van der Waals surface area contributed by atoms with E-state index in [9.17, 15) is 4.79 Å². The van der Waals surface area contributed by atoms with Crippen LogP contribution in [-0.4, -0.2) is 62.1 Å². The minimum absolute atomic E-state index is 0.118. The van der Waals surface area contributed by atoms with Crippen LogP contribution in [-0.2, 0) is 9.47 Å². The molecule has 30 heavy (non-hydrogen) atoms. The minimum Gasteiger partial charge on any atom is -0.444 e. The van der Waals surface area contributed by atoms with E-state index < -0.39 is 5.60 Å². The van der Waals surface area contributed by atoms with Crippen molar-refractivity contribution in [2.45, 2.75) is 70.7 Å². The van der Waals surface area contributed by atoms with Crippen molar-refractivity contribution in [3.05, 3.63) is 11.5 Å². The Kier molecular flexibility index (Phi) is 6.02. The van der Waals surface area contributed by atoms with Gasteiger partial charge in [0.1, 0.15) is 11.4 Å². The number of hydrogen-bond donors (Lipinski definition) is 1. The molecule has 2 aliphatic heterocycles. The smallest absolute Gasteiger partial charge is 0.410 e. The molecule has 4 rings (SSSR count). The van der Waals surface area contributed by atoms with Gasteiger partial charge < -0.3 is 19.7 Å². The number of fused-ring (bicyclic) bond motifs is 1. The summed E-state index contributed by atoms with van der Waals surface area (Å²) in [5, 5.41) is 8.98. The van der Waals surface area contributed by atoms with Crippen LogP contribution in [0.5, 0.6) is 0 Å². The lowest BCUT2D eigenvalue weighted by atomic mass is 10.1. The molecular formula is C20H29ClN6O3. The molecule has 0 spiro atoms. The predicted octanol–water partition coefficient (Wildman–Crippen LogP) is 3.99. The van der Waals surface area contributed by atoms with Crippen molar-refractivity contribution in [3.8, 4) is 0 Å². The Morgan fingerprint density at radius 1 is 1.23 bits per heavy atom. The molecule has 0 aliphatic carbocycles. The monoisotopic (exact) mass is 436 g/mol. The first kappa shape index (κ1) is 21.1. The summed E-state index contributed by atoms with van der Waals surface area (Å²) in [5.74, 6) is 0.669. The first-order valence-electron chi connectivity index (χ1n) is 10.6. The molecule has 10 heteroatoms. The zero-order valence-corrected chi connectivity index (χ0v) is 18.5. The number of hydrogen-bond acceptors (Lipinski definition) is 7. The van der Waals surface area contributed by atoms with E-state index in [0.717, 1.165) is 44.1 Å². The van der Waals surface area contributed by atoms with Crippen LogP contribution in [0, 0.1) is 0 Å². The molecule has 2 aromatic heterocycles. The second kappa shape index (κ2) is 8.55. The highest BCUT2D eigenvalue weighted by atomic mass is 35.5. The molecule has 2 aliphatic rings. The Bertz CT molecular complexity index is 898. The quantitative estimate of drug-likeness (QED) is 0.727. The molecule has 2 saturated heterocycles. The minimum atomic E-state index is -0.488. The van der Waals surface area contributed by atoms with Crippen LogP contribution < -0.4 is 5.32 Å². The van der Waals surface area contributed by atoms with Gasteiger partial charge in [-0.15, -0.1) is 0 Å². The molecule has 1 N–H and O–H groups in total. The van der Waals surface area contributed by atoms with E-state index in [1.807, 2.05) is 20.8 Å². The number of nitrogens with zero attached hydrogens (tertiary/aromatic N) is 5. The normalized spacial score (nSPS) is 21.1. The molecule has 1 amide bonds. The van der Waals surface area contributed by atoms with Crippen LogP contribution in [0.1, 0.15) is 59.1 Å². The summed E-state index contributed by atoms with van der Waals surface area (Å²) in [6.07, 6.45) is 6.05. The number of anilines is 1. The number of likely N-dealkylation sites (tertiary alicyclic amines) is 1. The molecule has 0 radical (unpaired) electrons. The molecular weight excluding hydrogens is 408 g/mol. The zero-order chi connectivity index (χ0) is 21.3. The topological polar surface area (TPSA) is 94.4 Å². The van der Waals surface area contributed by atoms with Crippen molar-refractivity contribution < 1.29 is 14.3 Å². The van der Waals surface area contributed by atoms with Crippen LogP contribution in [0.3, 0.4) is 0 Å². The fourth-order valence-corrected chi connectivity index (χ4v) is 4.03. The van der Waals surface area contributed by atoms with Crippen molar-refractivity contribution in [1.82, 2.24) is 24.6 Å². The Hall–Kier alpha value is -2.13. The first-order valence-corrected chi connectivity index (χ1v) is 10.9. The number of piperidine rings is 1. The van der Waals surface area contributed by atoms with Gasteiger partial charge in [-0.2, -0.15) is 15.1 Å². The summed E-state index contributed by atoms with van der Waals surface area (Å²) in [6.45, 7) is 7.62. The molecule has 9 nitrogen and oxygen atoms in total. The SMILES string of the molecule is CC(C)(C)OC(=O)N1CCC(Nc2nc(Cl)nc3c2cnn3C2CCCCO2)CC1. The third-order valence-corrected chi connectivity index (χ3v) is 5.51. The molecule has 2 aromatic rings. The van der Waals surface area contributed by atoms with Gasteiger partial charge in [0.15, 0.2) is 11.9 Å². The maximum atomic E-state index is 12.3. The maximum Gasteiger partial charge on any atom is 0.410 e. The molecule has 0 saturated carbocycles. The van der Waals surface area contributed by atoms with Crippen molar-refractivity contribution in [1.29, 1.82) is 0 Å². The molecule has 1 atom stereocenters. The molecule has 2 fully saturated rings.